The Balaban J connectivity index is 0.000000155. The highest BCUT2D eigenvalue weighted by Gasteiger charge is 2.61. The number of aliphatic hydroxyl groups is 6. The monoisotopic (exact) mass is 1860 g/mol. The molecule has 0 radical (unpaired) electrons. The van der Waals surface area contributed by atoms with Gasteiger partial charge in [-0.2, -0.15) is 15.2 Å². The molecule has 6 aromatic carbocycles. The van der Waals surface area contributed by atoms with Crippen molar-refractivity contribution in [3.05, 3.63) is 179 Å². The molecule has 12 N–H and O–H groups in total. The molecule has 6 aromatic rings. The minimum atomic E-state index is -0.986. The fourth-order valence-corrected chi connectivity index (χ4v) is 25.6. The van der Waals surface area contributed by atoms with Gasteiger partial charge in [0.15, 0.2) is 0 Å². The SMILES string of the molecule is C[C@@H]1[C@@H](NC(=O)[C@@H]2[C@H]([C@H](C)O)[C@H](CO)ON2Cc2cccc(-c3cccc(C(=O)NCCCN4CCCCC4)c3)c2)C[C@H]2C[C@@H]1C2(C)C.C[C@@H]1[C@@H](NC(=O)[C@@H]2[C@H]([C@H](C)O)[C@H](CO)ON2Cc2cccc(-c3cccc(C(=O)NCCCN4CCCCC4)c3)c2)C[C@H]2C[C@@H]1C2(C)C.C[C@@H]1[C@@H](NC(=O)[C@@H]2[C@H]([C@H](C)O)[C@H](CO)ON2Cc2cccc(-c3cccc(C(=O)O)c3)c2)C[C@H]2C[C@@H]1C2(C)C. The molecule has 5 heterocycles. The molecule has 5 amide bonds. The molecular formula is C109H152N10O16. The van der Waals surface area contributed by atoms with E-state index < -0.39 is 78.5 Å². The molecule has 0 aromatic heterocycles. The van der Waals surface area contributed by atoms with Crippen molar-refractivity contribution in [1.29, 1.82) is 0 Å². The Hall–Kier alpha value is -8.42. The van der Waals surface area contributed by atoms with Crippen LogP contribution in [-0.4, -0.2) is 241 Å². The summed E-state index contributed by atoms with van der Waals surface area (Å²) in [5.74, 6) is 1.33. The molecule has 24 atom stereocenters. The summed E-state index contributed by atoms with van der Waals surface area (Å²) in [5.41, 5.74) is 10.5. The highest BCUT2D eigenvalue weighted by atomic mass is 16.7. The van der Waals surface area contributed by atoms with E-state index in [0.29, 0.717) is 107 Å². The van der Waals surface area contributed by atoms with Gasteiger partial charge in [-0.05, 0) is 311 Å². The Bertz CT molecular complexity index is 4840. The van der Waals surface area contributed by atoms with Crippen LogP contribution in [0.5, 0.6) is 0 Å². The van der Waals surface area contributed by atoms with Gasteiger partial charge in [-0.15, -0.1) is 0 Å². The third-order valence-electron chi connectivity index (χ3n) is 34.1. The fourth-order valence-electron chi connectivity index (χ4n) is 25.6. The van der Waals surface area contributed by atoms with E-state index in [1.165, 1.54) is 57.8 Å². The summed E-state index contributed by atoms with van der Waals surface area (Å²) in [6.07, 6.45) is 11.5. The molecule has 9 aliphatic carbocycles. The summed E-state index contributed by atoms with van der Waals surface area (Å²) in [6, 6.07) is 43.8. The topological polar surface area (TPSA) is 348 Å². The molecule has 5 saturated heterocycles. The summed E-state index contributed by atoms with van der Waals surface area (Å²) >= 11 is 0. The molecule has 5 aliphatic heterocycles. The number of carbonyl (C=O) groups excluding carboxylic acids is 5. The number of aromatic carboxylic acids is 1. The normalized spacial score (nSPS) is 31.2. The molecule has 26 nitrogen and oxygen atoms in total. The molecular weight excluding hydrogens is 1710 g/mol. The van der Waals surface area contributed by atoms with E-state index in [0.717, 1.165) is 121 Å². The highest BCUT2D eigenvalue weighted by molar-refractivity contribution is 5.96. The van der Waals surface area contributed by atoms with Gasteiger partial charge in [-0.3, -0.25) is 38.5 Å². The van der Waals surface area contributed by atoms with Crippen molar-refractivity contribution in [3.8, 4) is 33.4 Å². The number of rotatable bonds is 32. The minimum absolute atomic E-state index is 0.0710. The van der Waals surface area contributed by atoms with E-state index in [1.54, 1.807) is 54.2 Å². The third-order valence-corrected chi connectivity index (χ3v) is 34.1. The lowest BCUT2D eigenvalue weighted by Gasteiger charge is -2.62. The van der Waals surface area contributed by atoms with Crippen LogP contribution in [0.25, 0.3) is 33.4 Å². The van der Waals surface area contributed by atoms with Crippen molar-refractivity contribution in [3.63, 3.8) is 0 Å². The average molecular weight is 1860 g/mol. The second kappa shape index (κ2) is 44.0. The Morgan fingerprint density at radius 3 is 0.926 bits per heavy atom. The summed E-state index contributed by atoms with van der Waals surface area (Å²) in [5, 5.41) is 93.1. The van der Waals surface area contributed by atoms with Crippen LogP contribution in [0.4, 0.5) is 0 Å². The van der Waals surface area contributed by atoms with Crippen LogP contribution >= 0.6 is 0 Å². The molecule has 135 heavy (non-hydrogen) atoms. The molecule has 0 spiro atoms. The largest absolute Gasteiger partial charge is 0.478 e. The van der Waals surface area contributed by atoms with Crippen LogP contribution in [0.3, 0.4) is 0 Å². The number of benzene rings is 6. The smallest absolute Gasteiger partial charge is 0.335 e. The summed E-state index contributed by atoms with van der Waals surface area (Å²) in [7, 11) is 0. The number of hydrogen-bond acceptors (Lipinski definition) is 20. The molecule has 14 aliphatic rings. The van der Waals surface area contributed by atoms with E-state index in [9.17, 15) is 64.5 Å². The van der Waals surface area contributed by atoms with Crippen molar-refractivity contribution < 1.29 is 79.0 Å². The summed E-state index contributed by atoms with van der Waals surface area (Å²) in [6.45, 7) is 33.7. The van der Waals surface area contributed by atoms with Crippen molar-refractivity contribution in [2.24, 2.45) is 87.3 Å². The van der Waals surface area contributed by atoms with Crippen LogP contribution in [0.1, 0.15) is 221 Å². The van der Waals surface area contributed by atoms with Crippen LogP contribution in [0, 0.1) is 87.3 Å². The Morgan fingerprint density at radius 2 is 0.659 bits per heavy atom. The van der Waals surface area contributed by atoms with Crippen LogP contribution in [0.15, 0.2) is 146 Å². The van der Waals surface area contributed by atoms with Gasteiger partial charge in [0.05, 0.1) is 63.3 Å². The number of hydroxylamine groups is 6. The maximum absolute atomic E-state index is 14.0. The van der Waals surface area contributed by atoms with E-state index >= 15 is 0 Å². The predicted molar refractivity (Wildman–Crippen MR) is 520 cm³/mol. The first-order chi connectivity index (χ1) is 64.6. The van der Waals surface area contributed by atoms with Gasteiger partial charge in [-0.25, -0.2) is 4.79 Å². The predicted octanol–water partition coefficient (Wildman–Crippen LogP) is 13.0. The number of aliphatic hydroxyl groups excluding tert-OH is 6. The number of hydrogen-bond donors (Lipinski definition) is 12. The van der Waals surface area contributed by atoms with E-state index in [-0.39, 0.29) is 79.6 Å². The van der Waals surface area contributed by atoms with Gasteiger partial charge < -0.3 is 72.1 Å². The van der Waals surface area contributed by atoms with Gasteiger partial charge in [-0.1, -0.05) is 166 Å². The molecule has 20 rings (SSSR count). The first kappa shape index (κ1) is 101. The van der Waals surface area contributed by atoms with E-state index in [4.69, 9.17) is 14.5 Å². The second-order valence-corrected chi connectivity index (χ2v) is 43.4. The number of carboxylic acids is 1. The zero-order valence-electron chi connectivity index (χ0n) is 81.6. The minimum Gasteiger partial charge on any atom is -0.478 e. The van der Waals surface area contributed by atoms with E-state index in [1.807, 2.05) is 115 Å². The molecule has 6 bridgehead atoms. The van der Waals surface area contributed by atoms with Gasteiger partial charge in [0, 0.05) is 60.1 Å². The van der Waals surface area contributed by atoms with Crippen molar-refractivity contribution >= 4 is 35.5 Å². The van der Waals surface area contributed by atoms with Gasteiger partial charge >= 0.3 is 5.97 Å². The molecule has 26 heteroatoms. The zero-order valence-corrected chi connectivity index (χ0v) is 81.6. The van der Waals surface area contributed by atoms with E-state index in [2.05, 4.69) is 111 Å². The quantitative estimate of drug-likeness (QED) is 0.0175. The number of carboxylic acid groups (broad SMARTS) is 1. The number of amides is 5. The first-order valence-corrected chi connectivity index (χ1v) is 50.5. The van der Waals surface area contributed by atoms with Gasteiger partial charge in [0.25, 0.3) is 11.8 Å². The second-order valence-electron chi connectivity index (χ2n) is 43.4. The Kier molecular flexibility index (Phi) is 32.9. The van der Waals surface area contributed by atoms with Crippen LogP contribution in [0.2, 0.25) is 0 Å². The molecule has 14 fully saturated rings. The molecule has 9 saturated carbocycles. The lowest BCUT2D eigenvalue weighted by atomic mass is 9.45. The lowest BCUT2D eigenvalue weighted by molar-refractivity contribution is -0.183. The number of piperidine rings is 2. The summed E-state index contributed by atoms with van der Waals surface area (Å²) in [4.78, 5) is 103. The number of fused-ring (bicyclic) bond motifs is 6. The lowest BCUT2D eigenvalue weighted by Crippen LogP contribution is -2.62. The van der Waals surface area contributed by atoms with Gasteiger partial charge in [0.1, 0.15) is 36.4 Å². The Morgan fingerprint density at radius 1 is 0.385 bits per heavy atom. The maximum Gasteiger partial charge on any atom is 0.335 e. The molecule has 734 valence electrons. The summed E-state index contributed by atoms with van der Waals surface area (Å²) < 4.78 is 0. The zero-order chi connectivity index (χ0) is 96.1. The van der Waals surface area contributed by atoms with Crippen LogP contribution in [-0.2, 0) is 48.5 Å². The average Bonchev–Trinajstić information content (AvgIpc) is 1.47. The molecule has 0 unspecified atom stereocenters. The Labute approximate surface area is 799 Å². The van der Waals surface area contributed by atoms with Crippen molar-refractivity contribution in [2.75, 3.05) is 72.2 Å². The number of nitrogens with zero attached hydrogens (tertiary/aromatic N) is 5. The highest BCUT2D eigenvalue weighted by Crippen LogP contribution is 2.64. The number of carbonyl (C=O) groups is 6. The first-order valence-electron chi connectivity index (χ1n) is 50.5. The maximum atomic E-state index is 14.0. The third kappa shape index (κ3) is 22.6. The number of nitrogens with one attached hydrogen (secondary N) is 5. The van der Waals surface area contributed by atoms with Crippen molar-refractivity contribution in [1.82, 2.24) is 51.6 Å². The fraction of sp³-hybridized carbons (Fsp3) is 0.615. The van der Waals surface area contributed by atoms with Crippen molar-refractivity contribution in [2.45, 2.75) is 265 Å². The number of likely N-dealkylation sites (tertiary alicyclic amines) is 2. The standard InChI is InChI=1S/2C39H56N4O5.C31H40N2O6/c2*1-25-32-21-31(39(32,3)4)22-33(25)41-38(47)36-35(26(2)45)34(24-44)48-43(36)23-27-11-8-12-28(19-27)29-13-9-14-30(20-29)37(46)40-15-10-18-42-16-6-5-7-17-42;1-17-24-13-23(31(24,3)4)14-25(17)32-29(36)28-27(18(2)35)26(16-34)39-33(28)15-19-7-5-8-20(11-19)21-9-6-10-22(12-21)30(37)38/h2*8-9,11-14,19-20,25-26,31-36,44-45H,5-7,10,15-18,21-24H2,1-4H3,(H,40,46)(H,41,47);5-12,17-18,23-28,34-35H,13-16H2,1-4H3,(H,32,36)(H,37,38)/t2*25-,26-,31+,32-,33-,34-,35+,36-;17-,18-,23+,24-,25-,26-,27+,28-/m000/s1. The van der Waals surface area contributed by atoms with Crippen LogP contribution < -0.4 is 26.6 Å². The van der Waals surface area contributed by atoms with Gasteiger partial charge in [0.2, 0.25) is 17.7 Å².